The second kappa shape index (κ2) is 7.61. The third kappa shape index (κ3) is 3.99. The second-order valence-electron chi connectivity index (χ2n) is 5.92. The van der Waals surface area contributed by atoms with Crippen LogP contribution in [0.4, 0.5) is 4.79 Å². The molecule has 0 unspecified atom stereocenters. The van der Waals surface area contributed by atoms with Crippen molar-refractivity contribution < 1.29 is 14.3 Å². The predicted octanol–water partition coefficient (Wildman–Crippen LogP) is 2.32. The van der Waals surface area contributed by atoms with Gasteiger partial charge in [0.15, 0.2) is 0 Å². The molecule has 1 aliphatic heterocycles. The summed E-state index contributed by atoms with van der Waals surface area (Å²) >= 11 is 0. The number of carbonyl (C=O) groups excluding carboxylic acids is 1. The van der Waals surface area contributed by atoms with Gasteiger partial charge in [0.05, 0.1) is 13.2 Å². The van der Waals surface area contributed by atoms with Gasteiger partial charge in [-0.05, 0) is 18.9 Å². The molecule has 1 fully saturated rings. The van der Waals surface area contributed by atoms with Crippen molar-refractivity contribution in [2.24, 2.45) is 0 Å². The molecular weight excluding hydrogens is 280 g/mol. The van der Waals surface area contributed by atoms with Gasteiger partial charge in [-0.2, -0.15) is 0 Å². The van der Waals surface area contributed by atoms with E-state index >= 15 is 0 Å². The number of benzene rings is 1. The number of rotatable bonds is 5. The van der Waals surface area contributed by atoms with E-state index in [0.29, 0.717) is 32.8 Å². The predicted molar refractivity (Wildman–Crippen MR) is 85.8 cm³/mol. The second-order valence-corrected chi connectivity index (χ2v) is 5.92. The lowest BCUT2D eigenvalue weighted by Gasteiger charge is -2.42. The van der Waals surface area contributed by atoms with Gasteiger partial charge in [0.25, 0.3) is 0 Å². The highest BCUT2D eigenvalue weighted by molar-refractivity contribution is 5.74. The quantitative estimate of drug-likeness (QED) is 0.784. The maximum absolute atomic E-state index is 12.6. The van der Waals surface area contributed by atoms with Gasteiger partial charge in [-0.1, -0.05) is 30.3 Å². The van der Waals surface area contributed by atoms with Crippen LogP contribution >= 0.6 is 0 Å². The molecule has 2 amide bonds. The van der Waals surface area contributed by atoms with Crippen LogP contribution in [0.25, 0.3) is 0 Å². The highest BCUT2D eigenvalue weighted by atomic mass is 16.5. The minimum atomic E-state index is -0.442. The number of ether oxygens (including phenoxy) is 2. The molecule has 2 rings (SSSR count). The van der Waals surface area contributed by atoms with Crippen molar-refractivity contribution in [2.45, 2.75) is 18.9 Å². The highest BCUT2D eigenvalue weighted by Crippen LogP contribution is 2.29. The lowest BCUT2D eigenvalue weighted by atomic mass is 9.94. The lowest BCUT2D eigenvalue weighted by molar-refractivity contribution is -0.0930. The fraction of sp³-hybridized carbons (Fsp3) is 0.588. The Bertz CT molecular complexity index is 480. The van der Waals surface area contributed by atoms with Crippen LogP contribution in [0, 0.1) is 0 Å². The molecule has 0 radical (unpaired) electrons. The van der Waals surface area contributed by atoms with E-state index in [1.54, 1.807) is 12.0 Å². The summed E-state index contributed by atoms with van der Waals surface area (Å²) in [5, 5.41) is 0. The number of urea groups is 1. The van der Waals surface area contributed by atoms with Crippen LogP contribution in [0.2, 0.25) is 0 Å². The van der Waals surface area contributed by atoms with Crippen molar-refractivity contribution >= 4 is 6.03 Å². The first-order chi connectivity index (χ1) is 10.6. The standard InChI is InChI=1S/C17H26N2O3/c1-17(15-8-5-4-6-9-15)14-19(11-13-22-17)16(20)18(2)10-7-12-21-3/h4-6,8-9H,7,10-14H2,1-3H3/t17-/m0/s1. The van der Waals surface area contributed by atoms with Crippen molar-refractivity contribution in [3.63, 3.8) is 0 Å². The van der Waals surface area contributed by atoms with Crippen molar-refractivity contribution in [1.82, 2.24) is 9.80 Å². The Kier molecular flexibility index (Phi) is 5.80. The summed E-state index contributed by atoms with van der Waals surface area (Å²) in [5.74, 6) is 0. The Labute approximate surface area is 132 Å². The van der Waals surface area contributed by atoms with Gasteiger partial charge < -0.3 is 19.3 Å². The number of hydrogen-bond donors (Lipinski definition) is 0. The average molecular weight is 306 g/mol. The largest absolute Gasteiger partial charge is 0.385 e. The van der Waals surface area contributed by atoms with E-state index in [2.05, 4.69) is 12.1 Å². The topological polar surface area (TPSA) is 42.0 Å². The van der Waals surface area contributed by atoms with Crippen LogP contribution in [0.3, 0.4) is 0 Å². The van der Waals surface area contributed by atoms with E-state index in [4.69, 9.17) is 9.47 Å². The third-order valence-corrected chi connectivity index (χ3v) is 4.10. The normalized spacial score (nSPS) is 21.7. The highest BCUT2D eigenvalue weighted by Gasteiger charge is 2.36. The van der Waals surface area contributed by atoms with Gasteiger partial charge in [0.2, 0.25) is 0 Å². The minimum absolute atomic E-state index is 0.0570. The van der Waals surface area contributed by atoms with Gasteiger partial charge in [-0.15, -0.1) is 0 Å². The van der Waals surface area contributed by atoms with E-state index in [-0.39, 0.29) is 6.03 Å². The molecule has 5 nitrogen and oxygen atoms in total. The van der Waals surface area contributed by atoms with E-state index in [1.807, 2.05) is 37.1 Å². The van der Waals surface area contributed by atoms with Crippen LogP contribution in [0.1, 0.15) is 18.9 Å². The molecule has 122 valence electrons. The summed E-state index contributed by atoms with van der Waals surface area (Å²) in [4.78, 5) is 16.2. The molecule has 22 heavy (non-hydrogen) atoms. The van der Waals surface area contributed by atoms with E-state index < -0.39 is 5.60 Å². The minimum Gasteiger partial charge on any atom is -0.385 e. The summed E-state index contributed by atoms with van der Waals surface area (Å²) < 4.78 is 11.0. The van der Waals surface area contributed by atoms with E-state index in [1.165, 1.54) is 0 Å². The number of nitrogens with zero attached hydrogens (tertiary/aromatic N) is 2. The van der Waals surface area contributed by atoms with Crippen LogP contribution in [0.5, 0.6) is 0 Å². The third-order valence-electron chi connectivity index (χ3n) is 4.10. The summed E-state index contributed by atoms with van der Waals surface area (Å²) in [6.07, 6.45) is 0.846. The fourth-order valence-corrected chi connectivity index (χ4v) is 2.78. The van der Waals surface area contributed by atoms with Gasteiger partial charge in [0, 0.05) is 33.9 Å². The fourth-order valence-electron chi connectivity index (χ4n) is 2.78. The number of methoxy groups -OCH3 is 1. The van der Waals surface area contributed by atoms with Gasteiger partial charge in [0.1, 0.15) is 5.60 Å². The summed E-state index contributed by atoms with van der Waals surface area (Å²) in [6.45, 7) is 5.19. The van der Waals surface area contributed by atoms with Gasteiger partial charge in [-0.25, -0.2) is 4.79 Å². The molecule has 1 saturated heterocycles. The Morgan fingerprint density at radius 2 is 2.14 bits per heavy atom. The van der Waals surface area contributed by atoms with Crippen molar-refractivity contribution in [3.05, 3.63) is 35.9 Å². The molecule has 1 heterocycles. The molecule has 1 aromatic rings. The molecular formula is C17H26N2O3. The molecule has 5 heteroatoms. The number of amides is 2. The molecule has 0 N–H and O–H groups in total. The van der Waals surface area contributed by atoms with Crippen molar-refractivity contribution in [1.29, 1.82) is 0 Å². The smallest absolute Gasteiger partial charge is 0.319 e. The maximum atomic E-state index is 12.6. The first-order valence-electron chi connectivity index (χ1n) is 7.75. The van der Waals surface area contributed by atoms with E-state index in [9.17, 15) is 4.79 Å². The first kappa shape index (κ1) is 16.8. The maximum Gasteiger partial charge on any atom is 0.319 e. The number of carbonyl (C=O) groups is 1. The van der Waals surface area contributed by atoms with Crippen molar-refractivity contribution in [2.75, 3.05) is 47.0 Å². The van der Waals surface area contributed by atoms with Crippen LogP contribution in [0.15, 0.2) is 30.3 Å². The van der Waals surface area contributed by atoms with Gasteiger partial charge >= 0.3 is 6.03 Å². The summed E-state index contributed by atoms with van der Waals surface area (Å²) in [7, 11) is 3.52. The van der Waals surface area contributed by atoms with Crippen LogP contribution < -0.4 is 0 Å². The molecule has 0 saturated carbocycles. The molecule has 1 aromatic carbocycles. The Morgan fingerprint density at radius 1 is 1.41 bits per heavy atom. The zero-order valence-corrected chi connectivity index (χ0v) is 13.7. The molecule has 0 aliphatic carbocycles. The average Bonchev–Trinajstić information content (AvgIpc) is 2.55. The molecule has 1 aliphatic rings. The SMILES string of the molecule is COCCCN(C)C(=O)N1CCO[C@](C)(c2ccccc2)C1. The summed E-state index contributed by atoms with van der Waals surface area (Å²) in [6, 6.07) is 10.2. The van der Waals surface area contributed by atoms with E-state index in [0.717, 1.165) is 12.0 Å². The van der Waals surface area contributed by atoms with Crippen molar-refractivity contribution in [3.8, 4) is 0 Å². The monoisotopic (exact) mass is 306 g/mol. The Balaban J connectivity index is 1.99. The van der Waals surface area contributed by atoms with Crippen LogP contribution in [-0.2, 0) is 15.1 Å². The van der Waals surface area contributed by atoms with Crippen LogP contribution in [-0.4, -0.2) is 62.8 Å². The lowest BCUT2D eigenvalue weighted by Crippen LogP contribution is -2.53. The Morgan fingerprint density at radius 3 is 2.82 bits per heavy atom. The molecule has 0 aromatic heterocycles. The zero-order valence-electron chi connectivity index (χ0n) is 13.7. The first-order valence-corrected chi connectivity index (χ1v) is 7.75. The molecule has 1 atom stereocenters. The number of morpholine rings is 1. The molecule has 0 spiro atoms. The molecule has 0 bridgehead atoms. The number of hydrogen-bond acceptors (Lipinski definition) is 3. The summed E-state index contributed by atoms with van der Waals surface area (Å²) in [5.41, 5.74) is 0.664. The Hall–Kier alpha value is -1.59. The van der Waals surface area contributed by atoms with Gasteiger partial charge in [-0.3, -0.25) is 0 Å². The zero-order chi connectivity index (χ0) is 16.0.